The molecule has 8 heteroatoms. The predicted molar refractivity (Wildman–Crippen MR) is 116 cm³/mol. The molecule has 1 saturated heterocycles. The highest BCUT2D eigenvalue weighted by Crippen LogP contribution is 2.37. The highest BCUT2D eigenvalue weighted by molar-refractivity contribution is 6.00. The van der Waals surface area contributed by atoms with Crippen LogP contribution in [0, 0.1) is 11.7 Å². The number of pyridine rings is 1. The number of rotatable bonds is 6. The van der Waals surface area contributed by atoms with Crippen molar-refractivity contribution in [1.82, 2.24) is 10.3 Å². The first kappa shape index (κ1) is 21.7. The van der Waals surface area contributed by atoms with Gasteiger partial charge in [0.15, 0.2) is 0 Å². The minimum absolute atomic E-state index is 0.131. The predicted octanol–water partition coefficient (Wildman–Crippen LogP) is 3.79. The summed E-state index contributed by atoms with van der Waals surface area (Å²) in [4.78, 5) is 28.0. The van der Waals surface area contributed by atoms with Gasteiger partial charge in [0.2, 0.25) is 12.0 Å². The van der Waals surface area contributed by atoms with Crippen LogP contribution in [0.4, 0.5) is 9.18 Å². The van der Waals surface area contributed by atoms with Gasteiger partial charge in [0, 0.05) is 22.4 Å². The Hall–Kier alpha value is -3.52. The normalized spacial score (nSPS) is 17.9. The zero-order valence-electron chi connectivity index (χ0n) is 17.8. The molecule has 1 fully saturated rings. The van der Waals surface area contributed by atoms with E-state index < -0.39 is 30.1 Å². The fourth-order valence-corrected chi connectivity index (χ4v) is 4.14. The Morgan fingerprint density at radius 2 is 1.94 bits per heavy atom. The van der Waals surface area contributed by atoms with Gasteiger partial charge in [-0.15, -0.1) is 0 Å². The first-order chi connectivity index (χ1) is 15.3. The number of hydrogen-bond acceptors (Lipinski definition) is 6. The van der Waals surface area contributed by atoms with Crippen LogP contribution >= 0.6 is 0 Å². The van der Waals surface area contributed by atoms with E-state index in [1.165, 1.54) is 13.2 Å². The zero-order chi connectivity index (χ0) is 23.0. The molecule has 4 rings (SSSR count). The summed E-state index contributed by atoms with van der Waals surface area (Å²) >= 11 is 0. The number of aliphatic hydroxyl groups excluding tert-OH is 1. The van der Waals surface area contributed by atoms with Crippen LogP contribution in [0.2, 0.25) is 0 Å². The van der Waals surface area contributed by atoms with Gasteiger partial charge in [-0.1, -0.05) is 44.2 Å². The lowest BCUT2D eigenvalue weighted by molar-refractivity contribution is -0.129. The van der Waals surface area contributed by atoms with Crippen molar-refractivity contribution in [2.45, 2.75) is 32.0 Å². The minimum Gasteiger partial charge on any atom is -0.481 e. The number of nitrogens with one attached hydrogen (secondary N) is 1. The van der Waals surface area contributed by atoms with Crippen LogP contribution in [0.1, 0.15) is 25.3 Å². The average Bonchev–Trinajstić information content (AvgIpc) is 3.11. The van der Waals surface area contributed by atoms with Crippen molar-refractivity contribution >= 4 is 22.8 Å². The van der Waals surface area contributed by atoms with Gasteiger partial charge in [-0.25, -0.2) is 14.2 Å². The number of amides is 2. The third-order valence-electron chi connectivity index (χ3n) is 5.68. The van der Waals surface area contributed by atoms with Gasteiger partial charge in [0.1, 0.15) is 11.9 Å². The number of ether oxygens (including phenoxy) is 2. The number of carbonyl (C=O) groups excluding carboxylic acids is 2. The van der Waals surface area contributed by atoms with Gasteiger partial charge in [-0.3, -0.25) is 10.1 Å². The Morgan fingerprint density at radius 3 is 2.59 bits per heavy atom. The van der Waals surface area contributed by atoms with Crippen molar-refractivity contribution in [3.05, 3.63) is 59.9 Å². The number of aromatic nitrogens is 1. The molecule has 2 aromatic carbocycles. The third kappa shape index (κ3) is 3.89. The first-order valence-electron chi connectivity index (χ1n) is 10.2. The second-order valence-electron chi connectivity index (χ2n) is 8.05. The maximum Gasteiger partial charge on any atom is 0.414 e. The van der Waals surface area contributed by atoms with E-state index in [1.54, 1.807) is 24.3 Å². The van der Waals surface area contributed by atoms with Gasteiger partial charge < -0.3 is 14.6 Å². The molecular formula is C24H23FN2O5. The second kappa shape index (κ2) is 8.55. The molecule has 0 spiro atoms. The summed E-state index contributed by atoms with van der Waals surface area (Å²) in [7, 11) is 1.46. The summed E-state index contributed by atoms with van der Waals surface area (Å²) in [6, 6.07) is 13.8. The van der Waals surface area contributed by atoms with Crippen molar-refractivity contribution in [1.29, 1.82) is 0 Å². The third-order valence-corrected chi connectivity index (χ3v) is 5.68. The van der Waals surface area contributed by atoms with Crippen LogP contribution < -0.4 is 10.1 Å². The van der Waals surface area contributed by atoms with E-state index in [0.717, 1.165) is 5.39 Å². The number of carbonyl (C=O) groups is 2. The van der Waals surface area contributed by atoms with Crippen molar-refractivity contribution in [3.8, 4) is 17.1 Å². The standard InChI is InChI=1S/C24H23FN2O5/c1-12(2)19(20(28)21-22(29)27-24(30)32-21)15-9-10-18(26-23(15)31-3)14-8-7-13-5-4-6-17(25)16(13)11-14/h4-12,19-21,28H,1-3H3,(H,27,29,30). The number of methoxy groups -OCH3 is 1. The summed E-state index contributed by atoms with van der Waals surface area (Å²) in [5.74, 6) is -1.47. The van der Waals surface area contributed by atoms with Gasteiger partial charge >= 0.3 is 6.09 Å². The average molecular weight is 438 g/mol. The minimum atomic E-state index is -1.32. The molecule has 166 valence electrons. The molecular weight excluding hydrogens is 415 g/mol. The molecule has 3 unspecified atom stereocenters. The number of hydrogen-bond donors (Lipinski definition) is 2. The van der Waals surface area contributed by atoms with Crippen molar-refractivity contribution in [2.24, 2.45) is 5.92 Å². The van der Waals surface area contributed by atoms with E-state index in [1.807, 2.05) is 37.4 Å². The molecule has 7 nitrogen and oxygen atoms in total. The van der Waals surface area contributed by atoms with Gasteiger partial charge in [-0.05, 0) is 29.5 Å². The molecule has 3 aromatic rings. The largest absolute Gasteiger partial charge is 0.481 e. The Morgan fingerprint density at radius 1 is 1.16 bits per heavy atom. The topological polar surface area (TPSA) is 97.8 Å². The SMILES string of the molecule is COc1nc(-c2ccc3cccc(F)c3c2)ccc1C(C(C)C)C(O)C1OC(=O)NC1=O. The molecule has 0 saturated carbocycles. The van der Waals surface area contributed by atoms with Gasteiger partial charge in [-0.2, -0.15) is 0 Å². The molecule has 0 bridgehead atoms. The van der Waals surface area contributed by atoms with Crippen LogP contribution in [0.25, 0.3) is 22.0 Å². The fraction of sp³-hybridized carbons (Fsp3) is 0.292. The number of imide groups is 1. The Kier molecular flexibility index (Phi) is 5.80. The lowest BCUT2D eigenvalue weighted by Crippen LogP contribution is -2.40. The smallest absolute Gasteiger partial charge is 0.414 e. The lowest BCUT2D eigenvalue weighted by Gasteiger charge is -2.29. The number of alkyl carbamates (subject to hydrolysis) is 1. The zero-order valence-corrected chi connectivity index (χ0v) is 17.8. The van der Waals surface area contributed by atoms with Crippen LogP contribution in [-0.4, -0.2) is 41.4 Å². The van der Waals surface area contributed by atoms with E-state index in [2.05, 4.69) is 4.98 Å². The molecule has 3 atom stereocenters. The van der Waals surface area contributed by atoms with Crippen LogP contribution in [0.15, 0.2) is 48.5 Å². The Bertz CT molecular complexity index is 1200. The van der Waals surface area contributed by atoms with Crippen molar-refractivity contribution < 1.29 is 28.6 Å². The molecule has 0 radical (unpaired) electrons. The molecule has 1 aliphatic heterocycles. The molecule has 1 aliphatic rings. The molecule has 1 aromatic heterocycles. The van der Waals surface area contributed by atoms with Crippen molar-refractivity contribution in [2.75, 3.05) is 7.11 Å². The summed E-state index contributed by atoms with van der Waals surface area (Å²) < 4.78 is 24.7. The van der Waals surface area contributed by atoms with E-state index in [4.69, 9.17) is 9.47 Å². The maximum atomic E-state index is 14.2. The highest BCUT2D eigenvalue weighted by atomic mass is 19.1. The summed E-state index contributed by atoms with van der Waals surface area (Å²) in [6.07, 6.45) is -3.49. The number of aliphatic hydroxyl groups is 1. The monoisotopic (exact) mass is 438 g/mol. The summed E-state index contributed by atoms with van der Waals surface area (Å²) in [6.45, 7) is 3.75. The number of benzene rings is 2. The number of halogens is 1. The molecule has 0 aliphatic carbocycles. The number of nitrogens with zero attached hydrogens (tertiary/aromatic N) is 1. The maximum absolute atomic E-state index is 14.2. The van der Waals surface area contributed by atoms with E-state index >= 15 is 0 Å². The molecule has 2 amide bonds. The van der Waals surface area contributed by atoms with Crippen LogP contribution in [0.3, 0.4) is 0 Å². The van der Waals surface area contributed by atoms with E-state index in [0.29, 0.717) is 22.2 Å². The lowest BCUT2D eigenvalue weighted by atomic mass is 9.81. The summed E-state index contributed by atoms with van der Waals surface area (Å²) in [5.41, 5.74) is 1.84. The fourth-order valence-electron chi connectivity index (χ4n) is 4.14. The molecule has 2 heterocycles. The number of fused-ring (bicyclic) bond motifs is 1. The summed E-state index contributed by atoms with van der Waals surface area (Å²) in [5, 5.41) is 14.2. The van der Waals surface area contributed by atoms with Crippen LogP contribution in [-0.2, 0) is 9.53 Å². The Labute approximate surface area is 184 Å². The highest BCUT2D eigenvalue weighted by Gasteiger charge is 2.43. The molecule has 2 N–H and O–H groups in total. The van der Waals surface area contributed by atoms with Crippen LogP contribution in [0.5, 0.6) is 5.88 Å². The second-order valence-corrected chi connectivity index (χ2v) is 8.05. The number of cyclic esters (lactones) is 1. The quantitative estimate of drug-likeness (QED) is 0.608. The van der Waals surface area contributed by atoms with Crippen molar-refractivity contribution in [3.63, 3.8) is 0 Å². The molecule has 32 heavy (non-hydrogen) atoms. The Balaban J connectivity index is 1.73. The first-order valence-corrected chi connectivity index (χ1v) is 10.2. The van der Waals surface area contributed by atoms with E-state index in [-0.39, 0.29) is 17.6 Å². The van der Waals surface area contributed by atoms with Gasteiger partial charge in [0.25, 0.3) is 5.91 Å². The van der Waals surface area contributed by atoms with Gasteiger partial charge in [0.05, 0.1) is 12.8 Å². The van der Waals surface area contributed by atoms with E-state index in [9.17, 15) is 19.1 Å².